The second-order valence-corrected chi connectivity index (χ2v) is 7.56. The van der Waals surface area contributed by atoms with Gasteiger partial charge >= 0.3 is 0 Å². The summed E-state index contributed by atoms with van der Waals surface area (Å²) in [6.07, 6.45) is 3.20. The van der Waals surface area contributed by atoms with Crippen molar-refractivity contribution in [1.29, 1.82) is 0 Å². The van der Waals surface area contributed by atoms with Crippen molar-refractivity contribution in [3.8, 4) is 0 Å². The standard InChI is InChI=1S/C15H24N2O2S/c1-11-4-3-5-15(12(11)2)17-20(18,19)14-8-6-13(10-16)7-9-14/h6-9,11-12,15,17H,3-5,10,16H2,1-2H3. The van der Waals surface area contributed by atoms with Gasteiger partial charge in [0.05, 0.1) is 4.90 Å². The lowest BCUT2D eigenvalue weighted by molar-refractivity contribution is 0.227. The zero-order chi connectivity index (χ0) is 14.8. The van der Waals surface area contributed by atoms with Crippen LogP contribution in [-0.2, 0) is 16.6 Å². The highest BCUT2D eigenvalue weighted by Crippen LogP contribution is 2.30. The van der Waals surface area contributed by atoms with E-state index in [1.165, 1.54) is 6.42 Å². The normalized spacial score (nSPS) is 27.4. The molecular weight excluding hydrogens is 272 g/mol. The Balaban J connectivity index is 2.13. The highest BCUT2D eigenvalue weighted by atomic mass is 32.2. The van der Waals surface area contributed by atoms with Gasteiger partial charge in [-0.2, -0.15) is 0 Å². The Morgan fingerprint density at radius 3 is 2.45 bits per heavy atom. The van der Waals surface area contributed by atoms with Crippen molar-refractivity contribution in [3.05, 3.63) is 29.8 Å². The minimum atomic E-state index is -3.43. The van der Waals surface area contributed by atoms with Gasteiger partial charge in [-0.05, 0) is 36.0 Å². The number of hydrogen-bond donors (Lipinski definition) is 2. The monoisotopic (exact) mass is 296 g/mol. The van der Waals surface area contributed by atoms with E-state index < -0.39 is 10.0 Å². The topological polar surface area (TPSA) is 72.2 Å². The number of sulfonamides is 1. The van der Waals surface area contributed by atoms with Gasteiger partial charge in [-0.25, -0.2) is 13.1 Å². The van der Waals surface area contributed by atoms with Crippen molar-refractivity contribution in [2.24, 2.45) is 17.6 Å². The molecule has 20 heavy (non-hydrogen) atoms. The van der Waals surface area contributed by atoms with E-state index in [0.29, 0.717) is 23.3 Å². The van der Waals surface area contributed by atoms with E-state index in [4.69, 9.17) is 5.73 Å². The minimum absolute atomic E-state index is 0.0398. The highest BCUT2D eigenvalue weighted by molar-refractivity contribution is 7.89. The van der Waals surface area contributed by atoms with Gasteiger partial charge in [-0.15, -0.1) is 0 Å². The molecule has 1 fully saturated rings. The molecule has 0 bridgehead atoms. The Bertz CT molecular complexity index is 539. The summed E-state index contributed by atoms with van der Waals surface area (Å²) < 4.78 is 27.7. The second-order valence-electron chi connectivity index (χ2n) is 5.84. The maximum atomic E-state index is 12.4. The fourth-order valence-corrected chi connectivity index (χ4v) is 4.18. The van der Waals surface area contributed by atoms with Gasteiger partial charge in [-0.3, -0.25) is 0 Å². The van der Waals surface area contributed by atoms with E-state index in [1.807, 2.05) is 0 Å². The molecule has 0 aromatic heterocycles. The number of benzene rings is 1. The van der Waals surface area contributed by atoms with Crippen molar-refractivity contribution >= 4 is 10.0 Å². The zero-order valence-electron chi connectivity index (χ0n) is 12.2. The summed E-state index contributed by atoms with van der Waals surface area (Å²) in [5.74, 6) is 0.943. The molecule has 0 radical (unpaired) electrons. The largest absolute Gasteiger partial charge is 0.326 e. The molecule has 0 amide bonds. The summed E-state index contributed by atoms with van der Waals surface area (Å²) in [5.41, 5.74) is 6.46. The molecule has 112 valence electrons. The molecule has 1 aromatic rings. The minimum Gasteiger partial charge on any atom is -0.326 e. The fraction of sp³-hybridized carbons (Fsp3) is 0.600. The van der Waals surface area contributed by atoms with Gasteiger partial charge < -0.3 is 5.73 Å². The first kappa shape index (κ1) is 15.5. The van der Waals surface area contributed by atoms with Crippen LogP contribution in [-0.4, -0.2) is 14.5 Å². The Morgan fingerprint density at radius 1 is 1.20 bits per heavy atom. The van der Waals surface area contributed by atoms with Crippen LogP contribution in [0.3, 0.4) is 0 Å². The first-order valence-electron chi connectivity index (χ1n) is 7.25. The molecule has 1 aliphatic carbocycles. The molecule has 0 aliphatic heterocycles. The van der Waals surface area contributed by atoms with Gasteiger partial charge in [0, 0.05) is 12.6 Å². The van der Waals surface area contributed by atoms with Crippen LogP contribution in [0.5, 0.6) is 0 Å². The second kappa shape index (κ2) is 6.24. The Hall–Kier alpha value is -0.910. The fourth-order valence-electron chi connectivity index (χ4n) is 2.82. The molecule has 0 heterocycles. The Kier molecular flexibility index (Phi) is 4.83. The van der Waals surface area contributed by atoms with Crippen molar-refractivity contribution in [2.75, 3.05) is 0 Å². The average Bonchev–Trinajstić information content (AvgIpc) is 2.44. The summed E-state index contributed by atoms with van der Waals surface area (Å²) in [6.45, 7) is 4.75. The van der Waals surface area contributed by atoms with E-state index in [0.717, 1.165) is 18.4 Å². The molecule has 0 spiro atoms. The average molecular weight is 296 g/mol. The van der Waals surface area contributed by atoms with Crippen molar-refractivity contribution < 1.29 is 8.42 Å². The van der Waals surface area contributed by atoms with E-state index in [9.17, 15) is 8.42 Å². The van der Waals surface area contributed by atoms with Gasteiger partial charge in [-0.1, -0.05) is 38.8 Å². The van der Waals surface area contributed by atoms with Gasteiger partial charge in [0.2, 0.25) is 10.0 Å². The van der Waals surface area contributed by atoms with Crippen LogP contribution >= 0.6 is 0 Å². The lowest BCUT2D eigenvalue weighted by Gasteiger charge is -2.34. The summed E-state index contributed by atoms with van der Waals surface area (Å²) in [7, 11) is -3.43. The quantitative estimate of drug-likeness (QED) is 0.895. The molecule has 3 N–H and O–H groups in total. The molecule has 1 aliphatic rings. The van der Waals surface area contributed by atoms with Gasteiger partial charge in [0.1, 0.15) is 0 Å². The lowest BCUT2D eigenvalue weighted by atomic mass is 9.78. The van der Waals surface area contributed by atoms with Crippen LogP contribution in [0.25, 0.3) is 0 Å². The van der Waals surface area contributed by atoms with Crippen LogP contribution in [0.2, 0.25) is 0 Å². The summed E-state index contributed by atoms with van der Waals surface area (Å²) >= 11 is 0. The summed E-state index contributed by atoms with van der Waals surface area (Å²) in [4.78, 5) is 0.320. The number of nitrogens with two attached hydrogens (primary N) is 1. The van der Waals surface area contributed by atoms with E-state index in [2.05, 4.69) is 18.6 Å². The highest BCUT2D eigenvalue weighted by Gasteiger charge is 2.30. The smallest absolute Gasteiger partial charge is 0.240 e. The maximum Gasteiger partial charge on any atom is 0.240 e. The molecular formula is C15H24N2O2S. The van der Waals surface area contributed by atoms with Crippen LogP contribution in [0.1, 0.15) is 38.7 Å². The third-order valence-corrected chi connectivity index (χ3v) is 5.99. The van der Waals surface area contributed by atoms with Crippen molar-refractivity contribution in [2.45, 2.75) is 50.6 Å². The van der Waals surface area contributed by atoms with Crippen LogP contribution in [0.4, 0.5) is 0 Å². The van der Waals surface area contributed by atoms with Crippen molar-refractivity contribution in [3.63, 3.8) is 0 Å². The van der Waals surface area contributed by atoms with E-state index in [-0.39, 0.29) is 6.04 Å². The third-order valence-electron chi connectivity index (χ3n) is 4.48. The molecule has 1 saturated carbocycles. The first-order valence-corrected chi connectivity index (χ1v) is 8.73. The maximum absolute atomic E-state index is 12.4. The third kappa shape index (κ3) is 3.40. The molecule has 2 rings (SSSR count). The van der Waals surface area contributed by atoms with Crippen LogP contribution in [0, 0.1) is 11.8 Å². The molecule has 5 heteroatoms. The number of nitrogens with one attached hydrogen (secondary N) is 1. The van der Waals surface area contributed by atoms with E-state index >= 15 is 0 Å². The molecule has 3 atom stereocenters. The van der Waals surface area contributed by atoms with E-state index in [1.54, 1.807) is 24.3 Å². The predicted octanol–water partition coefficient (Wildman–Crippen LogP) is 2.25. The Labute approximate surface area is 121 Å². The molecule has 3 unspecified atom stereocenters. The SMILES string of the molecule is CC1CCCC(NS(=O)(=O)c2ccc(CN)cc2)C1C. The molecule has 0 saturated heterocycles. The van der Waals surface area contributed by atoms with Gasteiger partial charge in [0.25, 0.3) is 0 Å². The van der Waals surface area contributed by atoms with Crippen molar-refractivity contribution in [1.82, 2.24) is 4.72 Å². The zero-order valence-corrected chi connectivity index (χ0v) is 13.0. The molecule has 1 aromatic carbocycles. The summed E-state index contributed by atoms with van der Waals surface area (Å²) in [6, 6.07) is 6.82. The lowest BCUT2D eigenvalue weighted by Crippen LogP contribution is -2.43. The predicted molar refractivity (Wildman–Crippen MR) is 80.6 cm³/mol. The van der Waals surface area contributed by atoms with Crippen LogP contribution in [0.15, 0.2) is 29.2 Å². The summed E-state index contributed by atoms with van der Waals surface area (Å²) in [5, 5.41) is 0. The van der Waals surface area contributed by atoms with Gasteiger partial charge in [0.15, 0.2) is 0 Å². The number of rotatable bonds is 4. The first-order chi connectivity index (χ1) is 9.44. The van der Waals surface area contributed by atoms with Crippen LogP contribution < -0.4 is 10.5 Å². The molecule has 4 nitrogen and oxygen atoms in total. The number of hydrogen-bond acceptors (Lipinski definition) is 3. The Morgan fingerprint density at radius 2 is 1.85 bits per heavy atom.